The molecule has 80 valence electrons. The van der Waals surface area contributed by atoms with Crippen LogP contribution in [0.2, 0.25) is 0 Å². The topological polar surface area (TPSA) is 83.6 Å². The van der Waals surface area contributed by atoms with Gasteiger partial charge in [0.2, 0.25) is 5.91 Å². The standard InChI is InChI=1S/C9H16N2O3/c1-5(2)7(10)8(12)11-3-6(4-11)9(13)14/h5-7H,3-4,10H2,1-2H3,(H,13,14). The van der Waals surface area contributed by atoms with Gasteiger partial charge in [-0.15, -0.1) is 0 Å². The second kappa shape index (κ2) is 3.96. The monoisotopic (exact) mass is 200 g/mol. The fourth-order valence-electron chi connectivity index (χ4n) is 1.31. The fourth-order valence-corrected chi connectivity index (χ4v) is 1.31. The Bertz CT molecular complexity index is 246. The Morgan fingerprint density at radius 3 is 2.29 bits per heavy atom. The van der Waals surface area contributed by atoms with Gasteiger partial charge in [0.25, 0.3) is 0 Å². The van der Waals surface area contributed by atoms with Gasteiger partial charge in [0.15, 0.2) is 0 Å². The zero-order valence-corrected chi connectivity index (χ0v) is 8.43. The van der Waals surface area contributed by atoms with Crippen LogP contribution in [0.25, 0.3) is 0 Å². The van der Waals surface area contributed by atoms with E-state index in [-0.39, 0.29) is 11.8 Å². The zero-order chi connectivity index (χ0) is 10.9. The normalized spacial score (nSPS) is 19.3. The van der Waals surface area contributed by atoms with Crippen LogP contribution in [0.5, 0.6) is 0 Å². The molecule has 1 rings (SSSR count). The van der Waals surface area contributed by atoms with Gasteiger partial charge < -0.3 is 15.7 Å². The fraction of sp³-hybridized carbons (Fsp3) is 0.778. The van der Waals surface area contributed by atoms with Crippen molar-refractivity contribution < 1.29 is 14.7 Å². The Kier molecular flexibility index (Phi) is 3.10. The molecule has 14 heavy (non-hydrogen) atoms. The smallest absolute Gasteiger partial charge is 0.310 e. The summed E-state index contributed by atoms with van der Waals surface area (Å²) in [5.74, 6) is -1.30. The number of carbonyl (C=O) groups excluding carboxylic acids is 1. The van der Waals surface area contributed by atoms with E-state index >= 15 is 0 Å². The maximum atomic E-state index is 11.5. The Morgan fingerprint density at radius 2 is 1.93 bits per heavy atom. The maximum absolute atomic E-state index is 11.5. The van der Waals surface area contributed by atoms with Crippen molar-refractivity contribution >= 4 is 11.9 Å². The average Bonchev–Trinajstić information content (AvgIpc) is 1.98. The van der Waals surface area contributed by atoms with Gasteiger partial charge >= 0.3 is 5.97 Å². The molecule has 5 nitrogen and oxygen atoms in total. The first kappa shape index (κ1) is 11.0. The van der Waals surface area contributed by atoms with E-state index in [0.717, 1.165) is 0 Å². The lowest BCUT2D eigenvalue weighted by molar-refractivity contribution is -0.153. The minimum Gasteiger partial charge on any atom is -0.481 e. The van der Waals surface area contributed by atoms with Crippen LogP contribution in [0.3, 0.4) is 0 Å². The highest BCUT2D eigenvalue weighted by molar-refractivity contribution is 5.85. The Hall–Kier alpha value is -1.10. The molecule has 1 amide bonds. The SMILES string of the molecule is CC(C)C(N)C(=O)N1CC(C(=O)O)C1. The van der Waals surface area contributed by atoms with E-state index in [2.05, 4.69) is 0 Å². The first-order valence-electron chi connectivity index (χ1n) is 4.70. The highest BCUT2D eigenvalue weighted by Gasteiger charge is 2.37. The van der Waals surface area contributed by atoms with Crippen molar-refractivity contribution in [2.24, 2.45) is 17.6 Å². The summed E-state index contributed by atoms with van der Waals surface area (Å²) in [5.41, 5.74) is 5.65. The highest BCUT2D eigenvalue weighted by atomic mass is 16.4. The van der Waals surface area contributed by atoms with Gasteiger partial charge in [-0.25, -0.2) is 0 Å². The summed E-state index contributed by atoms with van der Waals surface area (Å²) in [5, 5.41) is 8.61. The number of carbonyl (C=O) groups is 2. The van der Waals surface area contributed by atoms with Crippen LogP contribution >= 0.6 is 0 Å². The molecule has 0 aromatic heterocycles. The molecule has 1 saturated heterocycles. The number of carboxylic acids is 1. The Labute approximate surface area is 82.9 Å². The molecule has 0 radical (unpaired) electrons. The minimum absolute atomic E-state index is 0.0892. The van der Waals surface area contributed by atoms with E-state index in [9.17, 15) is 9.59 Å². The molecular weight excluding hydrogens is 184 g/mol. The third-order valence-electron chi connectivity index (χ3n) is 2.55. The molecule has 0 aromatic rings. The number of nitrogens with zero attached hydrogens (tertiary/aromatic N) is 1. The molecule has 1 fully saturated rings. The van der Waals surface area contributed by atoms with Crippen molar-refractivity contribution in [2.45, 2.75) is 19.9 Å². The lowest BCUT2D eigenvalue weighted by Gasteiger charge is -2.38. The quantitative estimate of drug-likeness (QED) is 0.644. The first-order chi connectivity index (χ1) is 6.43. The molecule has 0 aliphatic carbocycles. The third kappa shape index (κ3) is 2.04. The van der Waals surface area contributed by atoms with E-state index in [1.165, 1.54) is 4.90 Å². The minimum atomic E-state index is -0.841. The summed E-state index contributed by atoms with van der Waals surface area (Å²) in [4.78, 5) is 23.5. The summed E-state index contributed by atoms with van der Waals surface area (Å²) < 4.78 is 0. The number of aliphatic carboxylic acids is 1. The van der Waals surface area contributed by atoms with Gasteiger partial charge in [-0.3, -0.25) is 9.59 Å². The molecule has 1 unspecified atom stereocenters. The lowest BCUT2D eigenvalue weighted by Crippen LogP contribution is -2.58. The van der Waals surface area contributed by atoms with Crippen molar-refractivity contribution in [1.82, 2.24) is 4.90 Å². The summed E-state index contributed by atoms with van der Waals surface area (Å²) >= 11 is 0. The van der Waals surface area contributed by atoms with Gasteiger partial charge in [0.1, 0.15) is 0 Å². The van der Waals surface area contributed by atoms with Gasteiger partial charge in [-0.2, -0.15) is 0 Å². The number of likely N-dealkylation sites (tertiary alicyclic amines) is 1. The molecular formula is C9H16N2O3. The van der Waals surface area contributed by atoms with Crippen molar-refractivity contribution in [3.05, 3.63) is 0 Å². The molecule has 1 aliphatic rings. The van der Waals surface area contributed by atoms with E-state index in [4.69, 9.17) is 10.8 Å². The van der Waals surface area contributed by atoms with Crippen LogP contribution < -0.4 is 5.73 Å². The number of hydrogen-bond donors (Lipinski definition) is 2. The number of nitrogens with two attached hydrogens (primary N) is 1. The van der Waals surface area contributed by atoms with Crippen LogP contribution in [0, 0.1) is 11.8 Å². The molecule has 0 spiro atoms. The van der Waals surface area contributed by atoms with Crippen LogP contribution in [-0.2, 0) is 9.59 Å². The summed E-state index contributed by atoms with van der Waals surface area (Å²) in [6.07, 6.45) is 0. The van der Waals surface area contributed by atoms with Gasteiger partial charge in [0.05, 0.1) is 12.0 Å². The zero-order valence-electron chi connectivity index (χ0n) is 8.43. The van der Waals surface area contributed by atoms with E-state index in [1.54, 1.807) is 0 Å². The second-order valence-corrected chi connectivity index (χ2v) is 4.05. The van der Waals surface area contributed by atoms with Crippen molar-refractivity contribution in [1.29, 1.82) is 0 Å². The summed E-state index contributed by atoms with van der Waals surface area (Å²) in [6, 6.07) is -0.509. The third-order valence-corrected chi connectivity index (χ3v) is 2.55. The lowest BCUT2D eigenvalue weighted by atomic mass is 9.96. The van der Waals surface area contributed by atoms with Gasteiger partial charge in [-0.1, -0.05) is 13.8 Å². The van der Waals surface area contributed by atoms with Gasteiger partial charge in [0, 0.05) is 13.1 Å². The molecule has 3 N–H and O–H groups in total. The van der Waals surface area contributed by atoms with Crippen LogP contribution in [0.15, 0.2) is 0 Å². The van der Waals surface area contributed by atoms with E-state index in [1.807, 2.05) is 13.8 Å². The first-order valence-corrected chi connectivity index (χ1v) is 4.70. The average molecular weight is 200 g/mol. The Balaban J connectivity index is 2.40. The molecule has 1 atom stereocenters. The second-order valence-electron chi connectivity index (χ2n) is 4.05. The predicted molar refractivity (Wildman–Crippen MR) is 50.5 cm³/mol. The molecule has 0 aromatic carbocycles. The summed E-state index contributed by atoms with van der Waals surface area (Å²) in [7, 11) is 0. The number of rotatable bonds is 3. The van der Waals surface area contributed by atoms with E-state index < -0.39 is 17.9 Å². The number of amides is 1. The van der Waals surface area contributed by atoms with Gasteiger partial charge in [-0.05, 0) is 5.92 Å². The molecule has 5 heteroatoms. The number of carboxylic acid groups (broad SMARTS) is 1. The van der Waals surface area contributed by atoms with Crippen LogP contribution in [0.4, 0.5) is 0 Å². The van der Waals surface area contributed by atoms with Crippen molar-refractivity contribution in [2.75, 3.05) is 13.1 Å². The Morgan fingerprint density at radius 1 is 1.43 bits per heavy atom. The molecule has 0 saturated carbocycles. The predicted octanol–water partition coefficient (Wildman–Crippen LogP) is -0.487. The highest BCUT2D eigenvalue weighted by Crippen LogP contribution is 2.17. The number of hydrogen-bond acceptors (Lipinski definition) is 3. The van der Waals surface area contributed by atoms with Crippen molar-refractivity contribution in [3.8, 4) is 0 Å². The molecule has 0 bridgehead atoms. The van der Waals surface area contributed by atoms with E-state index in [0.29, 0.717) is 13.1 Å². The summed E-state index contributed by atoms with van der Waals surface area (Å²) in [6.45, 7) is 4.34. The van der Waals surface area contributed by atoms with Crippen molar-refractivity contribution in [3.63, 3.8) is 0 Å². The largest absolute Gasteiger partial charge is 0.481 e. The van der Waals surface area contributed by atoms with Crippen LogP contribution in [0.1, 0.15) is 13.8 Å². The van der Waals surface area contributed by atoms with Crippen LogP contribution in [-0.4, -0.2) is 41.0 Å². The molecule has 1 heterocycles. The molecule has 1 aliphatic heterocycles. The maximum Gasteiger partial charge on any atom is 0.310 e.